The maximum atomic E-state index is 11.9. The molecule has 2 N–H and O–H groups in total. The fourth-order valence-electron chi connectivity index (χ4n) is 2.18. The summed E-state index contributed by atoms with van der Waals surface area (Å²) in [5.74, 6) is 0.753. The number of rotatable bonds is 5. The molecular weight excluding hydrogens is 204 g/mol. The van der Waals surface area contributed by atoms with Gasteiger partial charge in [-0.15, -0.1) is 0 Å². The minimum Gasteiger partial charge on any atom is -0.381 e. The maximum Gasteiger partial charge on any atom is 0.225 e. The molecule has 4 heteroatoms. The van der Waals surface area contributed by atoms with E-state index in [0.29, 0.717) is 12.5 Å². The summed E-state index contributed by atoms with van der Waals surface area (Å²) in [4.78, 5) is 13.8. The molecule has 0 radical (unpaired) electrons. The molecule has 0 aliphatic carbocycles. The summed E-state index contributed by atoms with van der Waals surface area (Å²) in [6.45, 7) is 5.00. The van der Waals surface area contributed by atoms with E-state index in [9.17, 15) is 4.79 Å². The first kappa shape index (κ1) is 13.5. The van der Waals surface area contributed by atoms with Crippen LogP contribution in [0, 0.1) is 11.8 Å². The van der Waals surface area contributed by atoms with Gasteiger partial charge in [0.25, 0.3) is 0 Å². The first-order chi connectivity index (χ1) is 7.65. The molecule has 1 heterocycles. The van der Waals surface area contributed by atoms with Crippen molar-refractivity contribution >= 4 is 5.91 Å². The smallest absolute Gasteiger partial charge is 0.225 e. The second kappa shape index (κ2) is 6.86. The van der Waals surface area contributed by atoms with E-state index < -0.39 is 0 Å². The molecule has 2 unspecified atom stereocenters. The quantitative estimate of drug-likeness (QED) is 0.759. The van der Waals surface area contributed by atoms with E-state index in [2.05, 4.69) is 0 Å². The third kappa shape index (κ3) is 4.10. The van der Waals surface area contributed by atoms with Crippen LogP contribution in [-0.4, -0.2) is 44.2 Å². The van der Waals surface area contributed by atoms with E-state index in [4.69, 9.17) is 10.5 Å². The zero-order valence-corrected chi connectivity index (χ0v) is 10.4. The van der Waals surface area contributed by atoms with Gasteiger partial charge in [-0.1, -0.05) is 6.92 Å². The Labute approximate surface area is 98.1 Å². The van der Waals surface area contributed by atoms with Crippen LogP contribution in [0.15, 0.2) is 0 Å². The molecule has 1 aliphatic rings. The van der Waals surface area contributed by atoms with Crippen molar-refractivity contribution in [1.82, 2.24) is 4.90 Å². The molecular formula is C12H24N2O2. The van der Waals surface area contributed by atoms with Crippen LogP contribution < -0.4 is 5.73 Å². The van der Waals surface area contributed by atoms with Crippen LogP contribution in [-0.2, 0) is 9.53 Å². The molecule has 0 aromatic carbocycles. The highest BCUT2D eigenvalue weighted by molar-refractivity contribution is 5.78. The van der Waals surface area contributed by atoms with Gasteiger partial charge in [0.15, 0.2) is 0 Å². The van der Waals surface area contributed by atoms with Crippen molar-refractivity contribution < 1.29 is 9.53 Å². The van der Waals surface area contributed by atoms with Crippen molar-refractivity contribution in [3.8, 4) is 0 Å². The Morgan fingerprint density at radius 3 is 2.94 bits per heavy atom. The predicted molar refractivity (Wildman–Crippen MR) is 64.0 cm³/mol. The SMILES string of the molecule is CC(CCN)C(=O)N(C)CC1CCCOC1. The standard InChI is InChI=1S/C12H24N2O2/c1-10(5-6-13)12(15)14(2)8-11-4-3-7-16-9-11/h10-11H,3-9,13H2,1-2H3. The predicted octanol–water partition coefficient (Wildman–Crippen LogP) is 0.856. The minimum absolute atomic E-state index is 0.0412. The summed E-state index contributed by atoms with van der Waals surface area (Å²) in [6, 6.07) is 0. The van der Waals surface area contributed by atoms with Crippen molar-refractivity contribution in [2.45, 2.75) is 26.2 Å². The molecule has 1 rings (SSSR count). The number of carbonyl (C=O) groups is 1. The van der Waals surface area contributed by atoms with Gasteiger partial charge in [-0.05, 0) is 31.7 Å². The molecule has 1 aliphatic heterocycles. The van der Waals surface area contributed by atoms with E-state index >= 15 is 0 Å². The van der Waals surface area contributed by atoms with Crippen molar-refractivity contribution in [1.29, 1.82) is 0 Å². The third-order valence-electron chi connectivity index (χ3n) is 3.18. The average molecular weight is 228 g/mol. The number of carbonyl (C=O) groups excluding carboxylic acids is 1. The molecule has 1 amide bonds. The van der Waals surface area contributed by atoms with Gasteiger partial charge >= 0.3 is 0 Å². The highest BCUT2D eigenvalue weighted by Crippen LogP contribution is 2.15. The van der Waals surface area contributed by atoms with Gasteiger partial charge in [0, 0.05) is 26.1 Å². The lowest BCUT2D eigenvalue weighted by atomic mass is 10.0. The summed E-state index contributed by atoms with van der Waals surface area (Å²) in [5, 5.41) is 0. The molecule has 94 valence electrons. The lowest BCUT2D eigenvalue weighted by Crippen LogP contribution is -2.38. The van der Waals surface area contributed by atoms with E-state index in [1.165, 1.54) is 6.42 Å². The third-order valence-corrected chi connectivity index (χ3v) is 3.18. The highest BCUT2D eigenvalue weighted by Gasteiger charge is 2.21. The number of hydrogen-bond donors (Lipinski definition) is 1. The van der Waals surface area contributed by atoms with Crippen molar-refractivity contribution in [3.05, 3.63) is 0 Å². The van der Waals surface area contributed by atoms with Gasteiger partial charge in [0.1, 0.15) is 0 Å². The van der Waals surface area contributed by atoms with Crippen molar-refractivity contribution in [2.24, 2.45) is 17.6 Å². The highest BCUT2D eigenvalue weighted by atomic mass is 16.5. The minimum atomic E-state index is 0.0412. The Hall–Kier alpha value is -0.610. The normalized spacial score (nSPS) is 22.8. The van der Waals surface area contributed by atoms with Gasteiger partial charge in [-0.2, -0.15) is 0 Å². The Bertz CT molecular complexity index is 215. The number of hydrogen-bond acceptors (Lipinski definition) is 3. The van der Waals surface area contributed by atoms with Crippen molar-refractivity contribution in [3.63, 3.8) is 0 Å². The number of amides is 1. The van der Waals surface area contributed by atoms with Gasteiger partial charge < -0.3 is 15.4 Å². The fraction of sp³-hybridized carbons (Fsp3) is 0.917. The Balaban J connectivity index is 2.32. The van der Waals surface area contributed by atoms with Crippen LogP contribution in [0.25, 0.3) is 0 Å². The van der Waals surface area contributed by atoms with Gasteiger partial charge in [0.2, 0.25) is 5.91 Å². The molecule has 1 saturated heterocycles. The molecule has 1 fully saturated rings. The molecule has 0 aromatic heterocycles. The summed E-state index contributed by atoms with van der Waals surface area (Å²) in [5.41, 5.74) is 5.46. The lowest BCUT2D eigenvalue weighted by molar-refractivity contribution is -0.134. The van der Waals surface area contributed by atoms with Crippen LogP contribution in [0.1, 0.15) is 26.2 Å². The van der Waals surface area contributed by atoms with Crippen LogP contribution >= 0.6 is 0 Å². The van der Waals surface area contributed by atoms with Crippen LogP contribution in [0.5, 0.6) is 0 Å². The van der Waals surface area contributed by atoms with Crippen LogP contribution in [0.4, 0.5) is 0 Å². The van der Waals surface area contributed by atoms with Gasteiger partial charge in [-0.3, -0.25) is 4.79 Å². The second-order valence-corrected chi connectivity index (χ2v) is 4.78. The molecule has 0 saturated carbocycles. The van der Waals surface area contributed by atoms with Crippen molar-refractivity contribution in [2.75, 3.05) is 33.4 Å². The molecule has 0 aromatic rings. The Morgan fingerprint density at radius 1 is 1.62 bits per heavy atom. The molecule has 4 nitrogen and oxygen atoms in total. The van der Waals surface area contributed by atoms with Gasteiger partial charge in [0.05, 0.1) is 6.61 Å². The molecule has 2 atom stereocenters. The lowest BCUT2D eigenvalue weighted by Gasteiger charge is -2.28. The molecule has 16 heavy (non-hydrogen) atoms. The largest absolute Gasteiger partial charge is 0.381 e. The molecule has 0 spiro atoms. The topological polar surface area (TPSA) is 55.6 Å². The van der Waals surface area contributed by atoms with E-state index in [1.807, 2.05) is 18.9 Å². The number of nitrogens with zero attached hydrogens (tertiary/aromatic N) is 1. The first-order valence-electron chi connectivity index (χ1n) is 6.18. The van der Waals surface area contributed by atoms with Crippen LogP contribution in [0.2, 0.25) is 0 Å². The average Bonchev–Trinajstić information content (AvgIpc) is 2.29. The molecule has 0 bridgehead atoms. The van der Waals surface area contributed by atoms with E-state index in [1.54, 1.807) is 0 Å². The number of nitrogens with two attached hydrogens (primary N) is 1. The van der Waals surface area contributed by atoms with E-state index in [-0.39, 0.29) is 11.8 Å². The van der Waals surface area contributed by atoms with Crippen LogP contribution in [0.3, 0.4) is 0 Å². The Kier molecular flexibility index (Phi) is 5.77. The monoisotopic (exact) mass is 228 g/mol. The summed E-state index contributed by atoms with van der Waals surface area (Å²) < 4.78 is 5.41. The summed E-state index contributed by atoms with van der Waals surface area (Å²) >= 11 is 0. The first-order valence-corrected chi connectivity index (χ1v) is 6.18. The second-order valence-electron chi connectivity index (χ2n) is 4.78. The zero-order chi connectivity index (χ0) is 12.0. The summed E-state index contributed by atoms with van der Waals surface area (Å²) in [6.07, 6.45) is 3.05. The number of ether oxygens (including phenoxy) is 1. The Morgan fingerprint density at radius 2 is 2.38 bits per heavy atom. The zero-order valence-electron chi connectivity index (χ0n) is 10.4. The summed E-state index contributed by atoms with van der Waals surface area (Å²) in [7, 11) is 1.88. The van der Waals surface area contributed by atoms with E-state index in [0.717, 1.165) is 32.6 Å². The fourth-order valence-corrected chi connectivity index (χ4v) is 2.18. The van der Waals surface area contributed by atoms with Gasteiger partial charge in [-0.25, -0.2) is 0 Å². The maximum absolute atomic E-state index is 11.9.